The highest BCUT2D eigenvalue weighted by Gasteiger charge is 2.92. The molecule has 0 spiro atoms. The van der Waals surface area contributed by atoms with Gasteiger partial charge in [0.1, 0.15) is 6.61 Å². The van der Waals surface area contributed by atoms with Crippen LogP contribution in [0.4, 0.5) is 61.5 Å². The average Bonchev–Trinajstić information content (AvgIpc) is 2.60. The summed E-state index contributed by atoms with van der Waals surface area (Å²) in [6, 6.07) is 0. The van der Waals surface area contributed by atoms with Crippen LogP contribution in [0.25, 0.3) is 0 Å². The summed E-state index contributed by atoms with van der Waals surface area (Å²) in [5.41, 5.74) is 0. The van der Waals surface area contributed by atoms with Crippen LogP contribution in [0.3, 0.4) is 0 Å². The molecule has 182 valence electrons. The molecule has 0 aliphatic rings. The second-order valence-corrected chi connectivity index (χ2v) is 6.60. The van der Waals surface area contributed by atoms with E-state index in [1.54, 1.807) is 6.92 Å². The van der Waals surface area contributed by atoms with Crippen molar-refractivity contribution >= 4 is 0 Å². The molecule has 0 rings (SSSR count). The first kappa shape index (κ1) is 29.0. The Labute approximate surface area is 161 Å². The van der Waals surface area contributed by atoms with E-state index in [0.717, 1.165) is 0 Å². The van der Waals surface area contributed by atoms with Gasteiger partial charge in [0.15, 0.2) is 0 Å². The smallest absolute Gasteiger partial charge is 0.384 e. The molecule has 0 bridgehead atoms. The van der Waals surface area contributed by atoms with E-state index in [-0.39, 0.29) is 12.8 Å². The maximum Gasteiger partial charge on any atom is 0.384 e. The van der Waals surface area contributed by atoms with Gasteiger partial charge >= 0.3 is 41.5 Å². The van der Waals surface area contributed by atoms with E-state index in [1.165, 1.54) is 0 Å². The SMILES string of the molecule is CCCCCCCC(F)(F)C(F)(F)C(F)(F)C(F)(F)C(F)(F)C(F)(F)C(F)(F)CO. The highest BCUT2D eigenvalue weighted by atomic mass is 19.4. The first-order valence-electron chi connectivity index (χ1n) is 8.38. The van der Waals surface area contributed by atoms with Gasteiger partial charge in [-0.05, 0) is 6.42 Å². The fraction of sp³-hybridized carbons (Fsp3) is 1.00. The molecule has 0 amide bonds. The summed E-state index contributed by atoms with van der Waals surface area (Å²) in [4.78, 5) is 0. The Morgan fingerprint density at radius 3 is 1.17 bits per heavy atom. The summed E-state index contributed by atoms with van der Waals surface area (Å²) >= 11 is 0. The minimum absolute atomic E-state index is 0.158. The number of aliphatic hydroxyl groups excluding tert-OH is 1. The molecule has 0 fully saturated rings. The van der Waals surface area contributed by atoms with Crippen molar-refractivity contribution in [3.05, 3.63) is 0 Å². The molecule has 0 radical (unpaired) electrons. The molecule has 0 saturated heterocycles. The third kappa shape index (κ3) is 4.45. The number of halogens is 14. The van der Waals surface area contributed by atoms with Crippen LogP contribution in [0.1, 0.15) is 45.4 Å². The summed E-state index contributed by atoms with van der Waals surface area (Å²) in [5, 5.41) is 7.95. The Hall–Kier alpha value is -1.02. The molecule has 0 aromatic rings. The van der Waals surface area contributed by atoms with Crippen LogP contribution in [0.2, 0.25) is 0 Å². The lowest BCUT2D eigenvalue weighted by Gasteiger charge is -2.42. The predicted molar refractivity (Wildman–Crippen MR) is 75.1 cm³/mol. The van der Waals surface area contributed by atoms with Crippen LogP contribution in [-0.4, -0.2) is 53.2 Å². The normalized spacial score (nSPS) is 15.6. The highest BCUT2D eigenvalue weighted by molar-refractivity contribution is 5.14. The molecular weight excluding hydrogens is 462 g/mol. The Balaban J connectivity index is 6.04. The van der Waals surface area contributed by atoms with Gasteiger partial charge in [-0.3, -0.25) is 0 Å². The van der Waals surface area contributed by atoms with Crippen molar-refractivity contribution in [3.8, 4) is 0 Å². The summed E-state index contributed by atoms with van der Waals surface area (Å²) in [5.74, 6) is -51.3. The molecule has 1 N–H and O–H groups in total. The Kier molecular flexibility index (Phi) is 8.55. The zero-order chi connectivity index (χ0) is 24.4. The van der Waals surface area contributed by atoms with E-state index in [9.17, 15) is 61.5 Å². The van der Waals surface area contributed by atoms with Gasteiger partial charge in [-0.15, -0.1) is 0 Å². The predicted octanol–water partition coefficient (Wildman–Crippen LogP) is 6.79. The molecule has 30 heavy (non-hydrogen) atoms. The molecule has 0 aromatic heterocycles. The molecule has 0 saturated carbocycles. The molecular formula is C15H18F14O. The number of hydrogen-bond acceptors (Lipinski definition) is 1. The van der Waals surface area contributed by atoms with Crippen molar-refractivity contribution in [1.82, 2.24) is 0 Å². The maximum absolute atomic E-state index is 13.6. The quantitative estimate of drug-likeness (QED) is 0.228. The van der Waals surface area contributed by atoms with Gasteiger partial charge < -0.3 is 5.11 Å². The Bertz CT molecular complexity index is 558. The average molecular weight is 480 g/mol. The second-order valence-electron chi connectivity index (χ2n) is 6.60. The lowest BCUT2D eigenvalue weighted by Crippen LogP contribution is -2.73. The van der Waals surface area contributed by atoms with E-state index >= 15 is 0 Å². The summed E-state index contributed by atoms with van der Waals surface area (Å²) < 4.78 is 186. The van der Waals surface area contributed by atoms with E-state index in [2.05, 4.69) is 0 Å². The van der Waals surface area contributed by atoms with Crippen molar-refractivity contribution in [2.24, 2.45) is 0 Å². The van der Waals surface area contributed by atoms with E-state index in [0.29, 0.717) is 12.8 Å². The van der Waals surface area contributed by atoms with Gasteiger partial charge in [-0.25, -0.2) is 0 Å². The summed E-state index contributed by atoms with van der Waals surface area (Å²) in [6.45, 7) is -1.61. The van der Waals surface area contributed by atoms with Gasteiger partial charge in [-0.2, -0.15) is 61.5 Å². The molecule has 0 heterocycles. The van der Waals surface area contributed by atoms with Crippen LogP contribution in [-0.2, 0) is 0 Å². The van der Waals surface area contributed by atoms with E-state index in [4.69, 9.17) is 5.11 Å². The summed E-state index contributed by atoms with van der Waals surface area (Å²) in [7, 11) is 0. The maximum atomic E-state index is 13.6. The number of aliphatic hydroxyl groups is 1. The number of rotatable bonds is 13. The second kappa shape index (κ2) is 8.85. The van der Waals surface area contributed by atoms with Crippen molar-refractivity contribution < 1.29 is 66.6 Å². The lowest BCUT2D eigenvalue weighted by molar-refractivity contribution is -0.442. The minimum Gasteiger partial charge on any atom is -0.390 e. The van der Waals surface area contributed by atoms with Gasteiger partial charge in [-0.1, -0.05) is 32.6 Å². The zero-order valence-electron chi connectivity index (χ0n) is 15.2. The standard InChI is InChI=1S/C15H18F14O/c1-2-3-4-5-6-7-9(16,17)11(20,21)13(24,25)15(28,29)14(26,27)12(22,23)10(18,19)8-30/h30H,2-8H2,1H3. The molecule has 0 aromatic carbocycles. The van der Waals surface area contributed by atoms with Crippen LogP contribution in [0.5, 0.6) is 0 Å². The first-order chi connectivity index (χ1) is 13.1. The van der Waals surface area contributed by atoms with E-state index in [1.807, 2.05) is 0 Å². The molecule has 0 aliphatic heterocycles. The van der Waals surface area contributed by atoms with Crippen molar-refractivity contribution in [2.75, 3.05) is 6.61 Å². The number of unbranched alkanes of at least 4 members (excludes halogenated alkanes) is 4. The Morgan fingerprint density at radius 2 is 0.800 bits per heavy atom. The third-order valence-electron chi connectivity index (χ3n) is 4.29. The summed E-state index contributed by atoms with van der Waals surface area (Å²) in [6.07, 6.45) is -2.26. The minimum atomic E-state index is -8.07. The molecule has 15 heteroatoms. The fourth-order valence-corrected chi connectivity index (χ4v) is 2.26. The van der Waals surface area contributed by atoms with Crippen LogP contribution in [0, 0.1) is 0 Å². The molecule has 0 atom stereocenters. The molecule has 0 aliphatic carbocycles. The largest absolute Gasteiger partial charge is 0.390 e. The fourth-order valence-electron chi connectivity index (χ4n) is 2.26. The third-order valence-corrected chi connectivity index (χ3v) is 4.29. The molecule has 1 nitrogen and oxygen atoms in total. The Morgan fingerprint density at radius 1 is 0.467 bits per heavy atom. The van der Waals surface area contributed by atoms with Gasteiger partial charge in [0.2, 0.25) is 0 Å². The number of alkyl halides is 14. The van der Waals surface area contributed by atoms with Gasteiger partial charge in [0, 0.05) is 6.42 Å². The monoisotopic (exact) mass is 480 g/mol. The van der Waals surface area contributed by atoms with Gasteiger partial charge in [0.05, 0.1) is 0 Å². The lowest BCUT2D eigenvalue weighted by atomic mass is 9.88. The van der Waals surface area contributed by atoms with Gasteiger partial charge in [0.25, 0.3) is 0 Å². The highest BCUT2D eigenvalue weighted by Crippen LogP contribution is 2.62. The van der Waals surface area contributed by atoms with Crippen LogP contribution in [0.15, 0.2) is 0 Å². The molecule has 0 unspecified atom stereocenters. The topological polar surface area (TPSA) is 20.2 Å². The van der Waals surface area contributed by atoms with Crippen LogP contribution < -0.4 is 0 Å². The van der Waals surface area contributed by atoms with Crippen molar-refractivity contribution in [3.63, 3.8) is 0 Å². The number of hydrogen-bond donors (Lipinski definition) is 1. The van der Waals surface area contributed by atoms with Crippen LogP contribution >= 0.6 is 0 Å². The zero-order valence-corrected chi connectivity index (χ0v) is 15.2. The van der Waals surface area contributed by atoms with Crippen molar-refractivity contribution in [2.45, 2.75) is 86.9 Å². The van der Waals surface area contributed by atoms with Crippen molar-refractivity contribution in [1.29, 1.82) is 0 Å². The first-order valence-corrected chi connectivity index (χ1v) is 8.38. The van der Waals surface area contributed by atoms with E-state index < -0.39 is 60.9 Å².